The number of carbonyl (C=O) groups is 1. The fraction of sp³-hybridized carbons (Fsp3) is 0.500. The largest absolute Gasteiger partial charge is 0.497 e. The second kappa shape index (κ2) is 9.00. The minimum Gasteiger partial charge on any atom is -0.497 e. The van der Waals surface area contributed by atoms with Gasteiger partial charge in [-0.05, 0) is 48.3 Å². The number of rotatable bonds is 6. The number of methoxy groups -OCH3 is 1. The lowest BCUT2D eigenvalue weighted by atomic mass is 10.0. The number of benzene rings is 1. The Hall–Kier alpha value is -1.69. The van der Waals surface area contributed by atoms with Gasteiger partial charge in [-0.25, -0.2) is 0 Å². The number of carbonyl (C=O) groups excluding carboxylic acids is 1. The van der Waals surface area contributed by atoms with Gasteiger partial charge in [-0.2, -0.15) is 0 Å². The van der Waals surface area contributed by atoms with Gasteiger partial charge in [0.15, 0.2) is 14.1 Å². The Balaban J connectivity index is 2.16. The molecule has 0 saturated heterocycles. The van der Waals surface area contributed by atoms with Crippen molar-refractivity contribution in [2.75, 3.05) is 7.11 Å². The van der Waals surface area contributed by atoms with Gasteiger partial charge in [-0.1, -0.05) is 51.1 Å². The molecule has 0 saturated carbocycles. The molecule has 2 atom stereocenters. The van der Waals surface area contributed by atoms with Crippen LogP contribution in [0.4, 0.5) is 0 Å². The number of ether oxygens (including phenoxy) is 2. The Kier molecular flexibility index (Phi) is 7.20. The smallest absolute Gasteiger partial charge is 0.193 e. The maximum absolute atomic E-state index is 12.8. The predicted molar refractivity (Wildman–Crippen MR) is 112 cm³/mol. The van der Waals surface area contributed by atoms with E-state index in [1.807, 2.05) is 36.4 Å². The summed E-state index contributed by atoms with van der Waals surface area (Å²) in [6, 6.07) is 7.77. The minimum absolute atomic E-state index is 0.0235. The molecule has 0 aliphatic heterocycles. The highest BCUT2D eigenvalue weighted by molar-refractivity contribution is 6.74. The van der Waals surface area contributed by atoms with Crippen molar-refractivity contribution < 1.29 is 18.7 Å². The van der Waals surface area contributed by atoms with E-state index >= 15 is 0 Å². The number of hydrogen-bond donors (Lipinski definition) is 0. The Labute approximate surface area is 164 Å². The van der Waals surface area contributed by atoms with Crippen LogP contribution in [0.5, 0.6) is 5.75 Å². The monoisotopic (exact) mass is 388 g/mol. The van der Waals surface area contributed by atoms with E-state index in [9.17, 15) is 4.79 Å². The number of hydrogen-bond acceptors (Lipinski definition) is 4. The van der Waals surface area contributed by atoms with E-state index in [1.165, 1.54) is 0 Å². The molecule has 4 nitrogen and oxygen atoms in total. The molecule has 0 radical (unpaired) electrons. The highest BCUT2D eigenvalue weighted by atomic mass is 28.4. The van der Waals surface area contributed by atoms with Gasteiger partial charge in [0.1, 0.15) is 11.9 Å². The molecule has 0 spiro atoms. The van der Waals surface area contributed by atoms with Gasteiger partial charge < -0.3 is 13.9 Å². The van der Waals surface area contributed by atoms with Crippen molar-refractivity contribution in [2.45, 2.75) is 64.1 Å². The summed E-state index contributed by atoms with van der Waals surface area (Å²) in [7, 11) is -0.464. The van der Waals surface area contributed by atoms with Crippen LogP contribution in [0, 0.1) is 0 Å². The zero-order valence-electron chi connectivity index (χ0n) is 17.3. The molecule has 148 valence electrons. The standard InChI is InChI=1S/C22H32O4Si/c1-22(2,3)27(5,6)26-21-19(23)10-8-7-9-11-20(21)25-16-17-12-14-18(24-4)15-13-17/h7-10,12-15,20-21H,11,16H2,1-6H3/b9-7-,10-8-/t20-,21+/m1/s1. The molecule has 1 aliphatic carbocycles. The highest BCUT2D eigenvalue weighted by Crippen LogP contribution is 2.38. The average molecular weight is 389 g/mol. The molecule has 1 aliphatic rings. The van der Waals surface area contributed by atoms with Crippen LogP contribution >= 0.6 is 0 Å². The summed E-state index contributed by atoms with van der Waals surface area (Å²) >= 11 is 0. The molecule has 0 amide bonds. The number of ketones is 1. The molecule has 0 fully saturated rings. The topological polar surface area (TPSA) is 44.8 Å². The second-order valence-electron chi connectivity index (χ2n) is 8.42. The molecule has 0 unspecified atom stereocenters. The molecule has 2 rings (SSSR count). The average Bonchev–Trinajstić information content (AvgIpc) is 2.60. The van der Waals surface area contributed by atoms with Crippen LogP contribution < -0.4 is 4.74 Å². The van der Waals surface area contributed by atoms with E-state index in [4.69, 9.17) is 13.9 Å². The van der Waals surface area contributed by atoms with Crippen molar-refractivity contribution in [2.24, 2.45) is 0 Å². The van der Waals surface area contributed by atoms with Gasteiger partial charge in [0, 0.05) is 0 Å². The van der Waals surface area contributed by atoms with Gasteiger partial charge in [0.05, 0.1) is 19.8 Å². The quantitative estimate of drug-likeness (QED) is 0.639. The first kappa shape index (κ1) is 21.6. The Morgan fingerprint density at radius 3 is 2.37 bits per heavy atom. The van der Waals surface area contributed by atoms with Crippen molar-refractivity contribution in [1.29, 1.82) is 0 Å². The molecule has 0 heterocycles. The van der Waals surface area contributed by atoms with Crippen LogP contribution in [0.3, 0.4) is 0 Å². The van der Waals surface area contributed by atoms with E-state index in [0.717, 1.165) is 11.3 Å². The van der Waals surface area contributed by atoms with Crippen LogP contribution in [-0.2, 0) is 20.6 Å². The molecule has 5 heteroatoms. The van der Waals surface area contributed by atoms with Gasteiger partial charge in [-0.15, -0.1) is 0 Å². The summed E-state index contributed by atoms with van der Waals surface area (Å²) in [5, 5.41) is 0.0235. The fourth-order valence-corrected chi connectivity index (χ4v) is 3.81. The van der Waals surface area contributed by atoms with E-state index < -0.39 is 14.4 Å². The maximum atomic E-state index is 12.8. The predicted octanol–water partition coefficient (Wildman–Crippen LogP) is 5.06. The van der Waals surface area contributed by atoms with Gasteiger partial charge in [0.2, 0.25) is 0 Å². The van der Waals surface area contributed by atoms with Gasteiger partial charge >= 0.3 is 0 Å². The van der Waals surface area contributed by atoms with Crippen LogP contribution in [0.1, 0.15) is 32.8 Å². The lowest BCUT2D eigenvalue weighted by Crippen LogP contribution is -2.50. The molecule has 0 aromatic heterocycles. The van der Waals surface area contributed by atoms with E-state index in [1.54, 1.807) is 19.3 Å². The normalized spacial score (nSPS) is 23.4. The molecular weight excluding hydrogens is 356 g/mol. The Morgan fingerprint density at radius 1 is 1.11 bits per heavy atom. The Bertz CT molecular complexity index is 683. The molecular formula is C22H32O4Si. The minimum atomic E-state index is -2.11. The van der Waals surface area contributed by atoms with Crippen LogP contribution in [0.25, 0.3) is 0 Å². The third kappa shape index (κ3) is 5.89. The molecule has 27 heavy (non-hydrogen) atoms. The second-order valence-corrected chi connectivity index (χ2v) is 13.2. The summed E-state index contributed by atoms with van der Waals surface area (Å²) in [6.07, 6.45) is 7.06. The first-order chi connectivity index (χ1) is 12.6. The zero-order chi connectivity index (χ0) is 20.1. The van der Waals surface area contributed by atoms with Crippen LogP contribution in [-0.4, -0.2) is 33.4 Å². The van der Waals surface area contributed by atoms with Crippen molar-refractivity contribution in [1.82, 2.24) is 0 Å². The first-order valence-corrected chi connectivity index (χ1v) is 12.3. The number of allylic oxidation sites excluding steroid dienone is 2. The molecule has 1 aromatic carbocycles. The summed E-state index contributed by atoms with van der Waals surface area (Å²) in [6.45, 7) is 11.3. The highest BCUT2D eigenvalue weighted by Gasteiger charge is 2.42. The lowest BCUT2D eigenvalue weighted by Gasteiger charge is -2.40. The van der Waals surface area contributed by atoms with Gasteiger partial charge in [-0.3, -0.25) is 4.79 Å². The third-order valence-corrected chi connectivity index (χ3v) is 9.80. The summed E-state index contributed by atoms with van der Waals surface area (Å²) in [5.74, 6) is 0.788. The van der Waals surface area contributed by atoms with Crippen molar-refractivity contribution in [3.63, 3.8) is 0 Å². The maximum Gasteiger partial charge on any atom is 0.193 e. The molecule has 0 bridgehead atoms. The summed E-state index contributed by atoms with van der Waals surface area (Å²) in [5.41, 5.74) is 1.04. The van der Waals surface area contributed by atoms with Crippen LogP contribution in [0.2, 0.25) is 18.1 Å². The summed E-state index contributed by atoms with van der Waals surface area (Å²) < 4.78 is 17.9. The molecule has 0 N–H and O–H groups in total. The van der Waals surface area contributed by atoms with Crippen molar-refractivity contribution in [3.05, 3.63) is 54.1 Å². The summed E-state index contributed by atoms with van der Waals surface area (Å²) in [4.78, 5) is 12.8. The van der Waals surface area contributed by atoms with Gasteiger partial charge in [0.25, 0.3) is 0 Å². The SMILES string of the molecule is COc1ccc(CO[C@@H]2C/C=C\C=C/C(=O)[C@@H]2O[Si](C)(C)C(C)(C)C)cc1. The lowest BCUT2D eigenvalue weighted by molar-refractivity contribution is -0.130. The Morgan fingerprint density at radius 2 is 1.78 bits per heavy atom. The van der Waals surface area contributed by atoms with Crippen molar-refractivity contribution >= 4 is 14.1 Å². The van der Waals surface area contributed by atoms with Crippen LogP contribution in [0.15, 0.2) is 48.6 Å². The van der Waals surface area contributed by atoms with Crippen molar-refractivity contribution in [3.8, 4) is 5.75 Å². The van der Waals surface area contributed by atoms with E-state index in [2.05, 4.69) is 33.9 Å². The molecule has 1 aromatic rings. The third-order valence-electron chi connectivity index (χ3n) is 5.35. The zero-order valence-corrected chi connectivity index (χ0v) is 18.3. The van der Waals surface area contributed by atoms with E-state index in [-0.39, 0.29) is 16.9 Å². The first-order valence-electron chi connectivity index (χ1n) is 9.43. The fourth-order valence-electron chi connectivity index (χ4n) is 2.55. The van der Waals surface area contributed by atoms with E-state index in [0.29, 0.717) is 13.0 Å².